The molecule has 5 nitrogen and oxygen atoms in total. The highest BCUT2D eigenvalue weighted by Gasteiger charge is 2.22. The van der Waals surface area contributed by atoms with Gasteiger partial charge < -0.3 is 15.8 Å². The molecular formula is C10H10F3N3O2. The predicted molar refractivity (Wildman–Crippen MR) is 56.7 cm³/mol. The van der Waals surface area contributed by atoms with E-state index in [9.17, 15) is 18.0 Å². The van der Waals surface area contributed by atoms with Gasteiger partial charge in [-0.2, -0.15) is 0 Å². The van der Waals surface area contributed by atoms with Crippen LogP contribution in [0.2, 0.25) is 0 Å². The summed E-state index contributed by atoms with van der Waals surface area (Å²) in [5.41, 5.74) is 4.25. The number of amidine groups is 1. The molecule has 0 atom stereocenters. The highest BCUT2D eigenvalue weighted by Crippen LogP contribution is 2.16. The summed E-state index contributed by atoms with van der Waals surface area (Å²) in [7, 11) is 1.20. The molecule has 0 radical (unpaired) electrons. The van der Waals surface area contributed by atoms with Crippen LogP contribution in [0.15, 0.2) is 17.3 Å². The van der Waals surface area contributed by atoms with Crippen molar-refractivity contribution in [3.8, 4) is 0 Å². The first-order chi connectivity index (χ1) is 8.36. The fraction of sp³-hybridized carbons (Fsp3) is 0.200. The van der Waals surface area contributed by atoms with Crippen LogP contribution in [-0.4, -0.2) is 35.4 Å². The van der Waals surface area contributed by atoms with Gasteiger partial charge in [-0.05, 0) is 0 Å². The monoisotopic (exact) mass is 261 g/mol. The van der Waals surface area contributed by atoms with E-state index in [1.807, 2.05) is 0 Å². The molecule has 0 aromatic heterocycles. The van der Waals surface area contributed by atoms with Crippen LogP contribution in [0, 0.1) is 17.5 Å². The number of nitrogens with two attached hydrogens (primary N) is 1. The van der Waals surface area contributed by atoms with Gasteiger partial charge in [-0.25, -0.2) is 13.2 Å². The van der Waals surface area contributed by atoms with E-state index in [1.165, 1.54) is 7.05 Å². The van der Waals surface area contributed by atoms with Gasteiger partial charge >= 0.3 is 0 Å². The van der Waals surface area contributed by atoms with E-state index in [-0.39, 0.29) is 12.4 Å². The first-order valence-corrected chi connectivity index (χ1v) is 4.73. The Balaban J connectivity index is 3.04. The van der Waals surface area contributed by atoms with Crippen LogP contribution in [0.25, 0.3) is 0 Å². The molecule has 1 aromatic rings. The zero-order chi connectivity index (χ0) is 13.9. The normalized spacial score (nSPS) is 11.4. The number of rotatable bonds is 3. The van der Waals surface area contributed by atoms with Gasteiger partial charge in [0.15, 0.2) is 5.84 Å². The summed E-state index contributed by atoms with van der Waals surface area (Å²) in [5.74, 6) is -5.11. The Bertz CT molecular complexity index is 482. The number of benzene rings is 1. The first kappa shape index (κ1) is 13.8. The number of hydrogen-bond donors (Lipinski definition) is 2. The molecule has 0 aliphatic rings. The summed E-state index contributed by atoms with van der Waals surface area (Å²) in [6.45, 7) is -0.328. The van der Waals surface area contributed by atoms with Gasteiger partial charge in [0.2, 0.25) is 0 Å². The number of amides is 1. The molecule has 0 bridgehead atoms. The summed E-state index contributed by atoms with van der Waals surface area (Å²) < 4.78 is 39.3. The fourth-order valence-corrected chi connectivity index (χ4v) is 1.28. The second kappa shape index (κ2) is 5.39. The molecule has 0 aliphatic carbocycles. The summed E-state index contributed by atoms with van der Waals surface area (Å²) in [4.78, 5) is 12.5. The zero-order valence-corrected chi connectivity index (χ0v) is 9.32. The highest BCUT2D eigenvalue weighted by molar-refractivity contribution is 5.97. The summed E-state index contributed by atoms with van der Waals surface area (Å²) in [6, 6.07) is 0.793. The Labute approximate surface area is 100 Å². The molecule has 18 heavy (non-hydrogen) atoms. The number of carbonyl (C=O) groups excluding carboxylic acids is 1. The molecule has 1 aromatic carbocycles. The lowest BCUT2D eigenvalue weighted by molar-refractivity contribution is 0.0804. The molecule has 8 heteroatoms. The Kier molecular flexibility index (Phi) is 4.13. The van der Waals surface area contributed by atoms with Crippen LogP contribution in [0.3, 0.4) is 0 Å². The van der Waals surface area contributed by atoms with Crippen molar-refractivity contribution in [1.82, 2.24) is 4.90 Å². The van der Waals surface area contributed by atoms with Crippen molar-refractivity contribution < 1.29 is 23.2 Å². The van der Waals surface area contributed by atoms with Gasteiger partial charge in [-0.1, -0.05) is 5.16 Å². The predicted octanol–water partition coefficient (Wildman–Crippen LogP) is 0.922. The minimum atomic E-state index is -1.32. The number of likely N-dealkylation sites (N-methyl/N-ethyl adjacent to an activating group) is 1. The van der Waals surface area contributed by atoms with Crippen LogP contribution in [-0.2, 0) is 0 Å². The van der Waals surface area contributed by atoms with Gasteiger partial charge in [0.1, 0.15) is 23.0 Å². The van der Waals surface area contributed by atoms with Crippen molar-refractivity contribution in [2.45, 2.75) is 0 Å². The van der Waals surface area contributed by atoms with Crippen molar-refractivity contribution in [3.63, 3.8) is 0 Å². The molecule has 0 aliphatic heterocycles. The molecule has 0 fully saturated rings. The quantitative estimate of drug-likeness (QED) is 0.367. The second-order valence-corrected chi connectivity index (χ2v) is 3.50. The van der Waals surface area contributed by atoms with Gasteiger partial charge in [-0.15, -0.1) is 0 Å². The lowest BCUT2D eigenvalue weighted by atomic mass is 10.1. The van der Waals surface area contributed by atoms with E-state index in [2.05, 4.69) is 5.16 Å². The van der Waals surface area contributed by atoms with Gasteiger partial charge in [0.25, 0.3) is 5.91 Å². The largest absolute Gasteiger partial charge is 0.409 e. The van der Waals surface area contributed by atoms with Crippen molar-refractivity contribution in [2.24, 2.45) is 10.9 Å². The van der Waals surface area contributed by atoms with E-state index in [4.69, 9.17) is 10.9 Å². The lowest BCUT2D eigenvalue weighted by Gasteiger charge is -2.16. The maximum Gasteiger partial charge on any atom is 0.259 e. The van der Waals surface area contributed by atoms with Crippen LogP contribution in [0.4, 0.5) is 13.2 Å². The Morgan fingerprint density at radius 1 is 1.39 bits per heavy atom. The van der Waals surface area contributed by atoms with Crippen LogP contribution < -0.4 is 5.73 Å². The average molecular weight is 261 g/mol. The smallest absolute Gasteiger partial charge is 0.259 e. The highest BCUT2D eigenvalue weighted by atomic mass is 19.1. The van der Waals surface area contributed by atoms with Gasteiger partial charge in [0, 0.05) is 19.2 Å². The standard InChI is InChI=1S/C10H10F3N3O2/c1-16(4-8(14)15-18)10(17)9-6(12)2-5(11)3-7(9)13/h2-3,18H,4H2,1H3,(H2,14,15). The number of nitrogens with zero attached hydrogens (tertiary/aromatic N) is 2. The van der Waals surface area contributed by atoms with E-state index < -0.39 is 28.9 Å². The van der Waals surface area contributed by atoms with Crippen molar-refractivity contribution in [1.29, 1.82) is 0 Å². The number of halogens is 3. The third-order valence-electron chi connectivity index (χ3n) is 2.10. The topological polar surface area (TPSA) is 78.9 Å². The summed E-state index contributed by atoms with van der Waals surface area (Å²) in [5, 5.41) is 10.9. The fourth-order valence-electron chi connectivity index (χ4n) is 1.28. The molecule has 0 spiro atoms. The molecule has 0 unspecified atom stereocenters. The molecule has 0 saturated carbocycles. The number of hydrogen-bond acceptors (Lipinski definition) is 3. The maximum absolute atomic E-state index is 13.3. The third-order valence-corrected chi connectivity index (χ3v) is 2.10. The van der Waals surface area contributed by atoms with E-state index in [1.54, 1.807) is 0 Å². The maximum atomic E-state index is 13.3. The third kappa shape index (κ3) is 2.90. The van der Waals surface area contributed by atoms with Gasteiger partial charge in [0.05, 0.1) is 6.54 Å². The number of oxime groups is 1. The Morgan fingerprint density at radius 2 is 1.89 bits per heavy atom. The average Bonchev–Trinajstić information content (AvgIpc) is 2.27. The van der Waals surface area contributed by atoms with Crippen LogP contribution in [0.5, 0.6) is 0 Å². The SMILES string of the molecule is CN(CC(N)=NO)C(=O)c1c(F)cc(F)cc1F. The molecule has 0 saturated heterocycles. The minimum absolute atomic E-state index is 0.311. The first-order valence-electron chi connectivity index (χ1n) is 4.73. The van der Waals surface area contributed by atoms with E-state index in [0.717, 1.165) is 4.90 Å². The summed E-state index contributed by atoms with van der Waals surface area (Å²) >= 11 is 0. The van der Waals surface area contributed by atoms with Crippen molar-refractivity contribution in [2.75, 3.05) is 13.6 Å². The van der Waals surface area contributed by atoms with Crippen LogP contribution >= 0.6 is 0 Å². The zero-order valence-electron chi connectivity index (χ0n) is 9.32. The van der Waals surface area contributed by atoms with E-state index in [0.29, 0.717) is 12.1 Å². The Morgan fingerprint density at radius 3 is 2.33 bits per heavy atom. The molecular weight excluding hydrogens is 251 g/mol. The minimum Gasteiger partial charge on any atom is -0.409 e. The van der Waals surface area contributed by atoms with E-state index >= 15 is 0 Å². The second-order valence-electron chi connectivity index (χ2n) is 3.50. The van der Waals surface area contributed by atoms with Crippen molar-refractivity contribution >= 4 is 11.7 Å². The molecule has 1 amide bonds. The van der Waals surface area contributed by atoms with Crippen molar-refractivity contribution in [3.05, 3.63) is 35.1 Å². The van der Waals surface area contributed by atoms with Crippen LogP contribution in [0.1, 0.15) is 10.4 Å². The molecule has 0 heterocycles. The Hall–Kier alpha value is -2.25. The number of carbonyl (C=O) groups is 1. The molecule has 98 valence electrons. The lowest BCUT2D eigenvalue weighted by Crippen LogP contribution is -2.36. The molecule has 1 rings (SSSR count). The van der Waals surface area contributed by atoms with Gasteiger partial charge in [-0.3, -0.25) is 4.79 Å². The molecule has 3 N–H and O–H groups in total. The summed E-state index contributed by atoms with van der Waals surface area (Å²) in [6.07, 6.45) is 0.